The Labute approximate surface area is 184 Å². The van der Waals surface area contributed by atoms with Crippen molar-refractivity contribution in [3.63, 3.8) is 0 Å². The molecular formula is C21H20BrN5O2S. The lowest BCUT2D eigenvalue weighted by Gasteiger charge is -2.17. The van der Waals surface area contributed by atoms with Crippen molar-refractivity contribution in [2.45, 2.75) is 39.7 Å². The number of hydrogen-bond donors (Lipinski definition) is 1. The molecule has 1 aliphatic rings. The normalized spacial score (nSPS) is 16.2. The highest BCUT2D eigenvalue weighted by Crippen LogP contribution is 2.38. The van der Waals surface area contributed by atoms with Crippen LogP contribution in [0.3, 0.4) is 0 Å². The quantitative estimate of drug-likeness (QED) is 0.476. The molecule has 9 heteroatoms. The first-order chi connectivity index (χ1) is 14.4. The second-order valence-electron chi connectivity index (χ2n) is 7.92. The highest BCUT2D eigenvalue weighted by atomic mass is 79.9. The topological polar surface area (TPSA) is 81.3 Å². The molecule has 154 valence electrons. The van der Waals surface area contributed by atoms with Crippen LogP contribution in [0.15, 0.2) is 33.8 Å². The average molecular weight is 486 g/mol. The van der Waals surface area contributed by atoms with Gasteiger partial charge in [-0.2, -0.15) is 0 Å². The van der Waals surface area contributed by atoms with Crippen molar-refractivity contribution in [1.29, 1.82) is 0 Å². The summed E-state index contributed by atoms with van der Waals surface area (Å²) in [4.78, 5) is 32.1. The van der Waals surface area contributed by atoms with Crippen LogP contribution in [0.2, 0.25) is 0 Å². The lowest BCUT2D eigenvalue weighted by atomic mass is 9.89. The van der Waals surface area contributed by atoms with Gasteiger partial charge in [0.25, 0.3) is 0 Å². The number of nitrogens with zero attached hydrogens (tertiary/aromatic N) is 4. The zero-order valence-electron chi connectivity index (χ0n) is 16.6. The molecule has 30 heavy (non-hydrogen) atoms. The Kier molecular flexibility index (Phi) is 4.74. The summed E-state index contributed by atoms with van der Waals surface area (Å²) in [6.45, 7) is 4.06. The van der Waals surface area contributed by atoms with Gasteiger partial charge in [-0.05, 0) is 61.4 Å². The maximum absolute atomic E-state index is 12.8. The van der Waals surface area contributed by atoms with Gasteiger partial charge in [0.15, 0.2) is 5.65 Å². The molecule has 1 aromatic carbocycles. The highest BCUT2D eigenvalue weighted by molar-refractivity contribution is 9.10. The molecule has 0 radical (unpaired) electrons. The first-order valence-corrected chi connectivity index (χ1v) is 11.5. The molecule has 0 bridgehead atoms. The smallest absolute Gasteiger partial charge is 0.324 e. The van der Waals surface area contributed by atoms with Crippen molar-refractivity contribution in [3.8, 4) is 0 Å². The lowest BCUT2D eigenvalue weighted by Crippen LogP contribution is -2.28. The average Bonchev–Trinajstić information content (AvgIpc) is 3.22. The zero-order chi connectivity index (χ0) is 21.0. The number of carbonyl (C=O) groups excluding carboxylic acids is 1. The number of hydrogen-bond acceptors (Lipinski definition) is 5. The van der Waals surface area contributed by atoms with Crippen molar-refractivity contribution >= 4 is 54.7 Å². The van der Waals surface area contributed by atoms with E-state index >= 15 is 0 Å². The van der Waals surface area contributed by atoms with Gasteiger partial charge in [-0.3, -0.25) is 4.79 Å². The van der Waals surface area contributed by atoms with Gasteiger partial charge < -0.3 is 5.32 Å². The summed E-state index contributed by atoms with van der Waals surface area (Å²) in [6.07, 6.45) is 4.66. The van der Waals surface area contributed by atoms with E-state index in [0.717, 1.165) is 39.5 Å². The monoisotopic (exact) mass is 485 g/mol. The van der Waals surface area contributed by atoms with E-state index in [1.54, 1.807) is 11.3 Å². The Bertz CT molecular complexity index is 1370. The van der Waals surface area contributed by atoms with E-state index in [-0.39, 0.29) is 18.1 Å². The van der Waals surface area contributed by atoms with E-state index in [4.69, 9.17) is 0 Å². The standard InChI is InChI=1S/C21H20BrN5O2S/c1-11-3-5-14-16(7-11)30-20-18(14)19-25-27(21(29)26(19)10-23-20)9-17(28)24-13-4-6-15(22)12(2)8-13/h4,6,8,10-11H,3,5,7,9H2,1-2H3,(H,24,28)/t11-/m0/s1. The molecule has 0 aliphatic heterocycles. The third kappa shape index (κ3) is 3.26. The van der Waals surface area contributed by atoms with Crippen LogP contribution in [-0.2, 0) is 24.2 Å². The first kappa shape index (κ1) is 19.4. The molecule has 5 rings (SSSR count). The molecule has 0 saturated carbocycles. The summed E-state index contributed by atoms with van der Waals surface area (Å²) in [5.41, 5.74) is 3.19. The summed E-state index contributed by atoms with van der Waals surface area (Å²) in [5.74, 6) is 0.361. The van der Waals surface area contributed by atoms with E-state index < -0.39 is 0 Å². The van der Waals surface area contributed by atoms with Gasteiger partial charge in [0.2, 0.25) is 5.91 Å². The molecule has 0 saturated heterocycles. The van der Waals surface area contributed by atoms with Gasteiger partial charge in [-0.15, -0.1) is 16.4 Å². The summed E-state index contributed by atoms with van der Waals surface area (Å²) in [5, 5.41) is 8.32. The van der Waals surface area contributed by atoms with Gasteiger partial charge in [0.05, 0.1) is 5.39 Å². The molecule has 7 nitrogen and oxygen atoms in total. The molecule has 0 unspecified atom stereocenters. The highest BCUT2D eigenvalue weighted by Gasteiger charge is 2.24. The molecule has 0 spiro atoms. The van der Waals surface area contributed by atoms with E-state index in [9.17, 15) is 9.59 Å². The maximum Gasteiger partial charge on any atom is 0.352 e. The molecule has 1 N–H and O–H groups in total. The number of benzene rings is 1. The van der Waals surface area contributed by atoms with Crippen molar-refractivity contribution in [2.24, 2.45) is 5.92 Å². The maximum atomic E-state index is 12.8. The molecule has 1 atom stereocenters. The Morgan fingerprint density at radius 3 is 3.03 bits per heavy atom. The minimum absolute atomic E-state index is 0.152. The number of fused-ring (bicyclic) bond motifs is 5. The second kappa shape index (κ2) is 7.31. The number of thiophene rings is 1. The van der Waals surface area contributed by atoms with Crippen molar-refractivity contribution in [2.75, 3.05) is 5.32 Å². The first-order valence-electron chi connectivity index (χ1n) is 9.85. The minimum Gasteiger partial charge on any atom is -0.324 e. The fourth-order valence-corrected chi connectivity index (χ4v) is 5.62. The third-order valence-corrected chi connectivity index (χ3v) is 7.66. The molecular weight excluding hydrogens is 466 g/mol. The molecule has 4 aromatic rings. The van der Waals surface area contributed by atoms with Crippen molar-refractivity contribution in [1.82, 2.24) is 19.2 Å². The Hall–Kier alpha value is -2.52. The van der Waals surface area contributed by atoms with Crippen LogP contribution in [0.1, 0.15) is 29.3 Å². The fraction of sp³-hybridized carbons (Fsp3) is 0.333. The predicted octanol–water partition coefficient (Wildman–Crippen LogP) is 3.94. The number of aryl methyl sites for hydroxylation is 2. The van der Waals surface area contributed by atoms with Gasteiger partial charge in [-0.1, -0.05) is 22.9 Å². The summed E-state index contributed by atoms with van der Waals surface area (Å²) in [7, 11) is 0. The largest absolute Gasteiger partial charge is 0.352 e. The molecule has 1 amide bonds. The van der Waals surface area contributed by atoms with Crippen LogP contribution in [-0.4, -0.2) is 25.1 Å². The van der Waals surface area contributed by atoms with Gasteiger partial charge in [-0.25, -0.2) is 18.9 Å². The Balaban J connectivity index is 1.50. The van der Waals surface area contributed by atoms with Crippen LogP contribution in [0.25, 0.3) is 15.9 Å². The zero-order valence-corrected chi connectivity index (χ0v) is 19.0. The Morgan fingerprint density at radius 2 is 2.23 bits per heavy atom. The third-order valence-electron chi connectivity index (χ3n) is 5.61. The minimum atomic E-state index is -0.356. The molecule has 1 aliphatic carbocycles. The van der Waals surface area contributed by atoms with Crippen LogP contribution in [0.4, 0.5) is 5.69 Å². The number of nitrogens with one attached hydrogen (secondary N) is 1. The second-order valence-corrected chi connectivity index (χ2v) is 9.86. The van der Waals surface area contributed by atoms with Gasteiger partial charge in [0.1, 0.15) is 17.7 Å². The molecule has 3 heterocycles. The van der Waals surface area contributed by atoms with E-state index in [1.165, 1.54) is 25.9 Å². The van der Waals surface area contributed by atoms with Crippen LogP contribution < -0.4 is 11.0 Å². The lowest BCUT2D eigenvalue weighted by molar-refractivity contribution is -0.117. The van der Waals surface area contributed by atoms with Crippen molar-refractivity contribution in [3.05, 3.63) is 55.5 Å². The number of aromatic nitrogens is 4. The molecule has 3 aromatic heterocycles. The molecule has 0 fully saturated rings. The Morgan fingerprint density at radius 1 is 1.40 bits per heavy atom. The van der Waals surface area contributed by atoms with E-state index in [0.29, 0.717) is 17.3 Å². The predicted molar refractivity (Wildman–Crippen MR) is 121 cm³/mol. The fourth-order valence-electron chi connectivity index (χ4n) is 4.02. The number of carbonyl (C=O) groups is 1. The van der Waals surface area contributed by atoms with Crippen LogP contribution in [0.5, 0.6) is 0 Å². The summed E-state index contributed by atoms with van der Waals surface area (Å²) in [6, 6.07) is 5.57. The number of amides is 1. The van der Waals surface area contributed by atoms with Crippen molar-refractivity contribution < 1.29 is 4.79 Å². The van der Waals surface area contributed by atoms with Crippen LogP contribution in [0, 0.1) is 12.8 Å². The number of halogens is 1. The van der Waals surface area contributed by atoms with Gasteiger partial charge in [0, 0.05) is 15.0 Å². The number of anilines is 1. The van der Waals surface area contributed by atoms with Gasteiger partial charge >= 0.3 is 5.69 Å². The SMILES string of the molecule is Cc1cc(NC(=O)Cn2nc3c4c5c(sc4ncn3c2=O)C[C@@H](C)CC5)ccc1Br. The summed E-state index contributed by atoms with van der Waals surface area (Å²) >= 11 is 5.14. The number of rotatable bonds is 3. The van der Waals surface area contributed by atoms with E-state index in [1.807, 2.05) is 25.1 Å². The van der Waals surface area contributed by atoms with Crippen LogP contribution >= 0.6 is 27.3 Å². The summed E-state index contributed by atoms with van der Waals surface area (Å²) < 4.78 is 3.64. The van der Waals surface area contributed by atoms with E-state index in [2.05, 4.69) is 38.3 Å².